The number of carbonyl (C=O) groups is 2. The number of carboxylic acids is 2. The monoisotopic (exact) mass is 261 g/mol. The van der Waals surface area contributed by atoms with Crippen molar-refractivity contribution in [2.24, 2.45) is 0 Å². The van der Waals surface area contributed by atoms with Gasteiger partial charge in [0.2, 0.25) is 0 Å². The highest BCUT2D eigenvalue weighted by atomic mass is 32.2. The van der Waals surface area contributed by atoms with Gasteiger partial charge in [0.25, 0.3) is 0 Å². The van der Waals surface area contributed by atoms with E-state index in [0.717, 1.165) is 22.5 Å². The maximum absolute atomic E-state index is 10.8. The lowest BCUT2D eigenvalue weighted by Crippen LogP contribution is -2.20. The van der Waals surface area contributed by atoms with Crippen LogP contribution in [0.15, 0.2) is 5.38 Å². The summed E-state index contributed by atoms with van der Waals surface area (Å²) < 4.78 is 0. The molecule has 1 heterocycles. The van der Waals surface area contributed by atoms with Crippen LogP contribution in [-0.4, -0.2) is 32.4 Å². The number of thioether (sulfide) groups is 1. The average molecular weight is 261 g/mol. The van der Waals surface area contributed by atoms with Gasteiger partial charge in [-0.3, -0.25) is 9.59 Å². The molecule has 0 aliphatic rings. The Morgan fingerprint density at radius 1 is 1.56 bits per heavy atom. The SMILES string of the molecule is Cc1nc(CS[C@H](CC(=O)O)C(=O)O)cs1. The van der Waals surface area contributed by atoms with Gasteiger partial charge in [-0.1, -0.05) is 0 Å². The van der Waals surface area contributed by atoms with Crippen LogP contribution in [0.5, 0.6) is 0 Å². The van der Waals surface area contributed by atoms with E-state index >= 15 is 0 Å². The number of nitrogens with zero attached hydrogens (tertiary/aromatic N) is 1. The summed E-state index contributed by atoms with van der Waals surface area (Å²) >= 11 is 2.58. The van der Waals surface area contributed by atoms with Crippen LogP contribution in [0, 0.1) is 6.92 Å². The van der Waals surface area contributed by atoms with Gasteiger partial charge >= 0.3 is 11.9 Å². The summed E-state index contributed by atoms with van der Waals surface area (Å²) in [6.45, 7) is 1.87. The lowest BCUT2D eigenvalue weighted by Gasteiger charge is -2.07. The van der Waals surface area contributed by atoms with Crippen molar-refractivity contribution < 1.29 is 19.8 Å². The first kappa shape index (κ1) is 13.0. The van der Waals surface area contributed by atoms with Crippen molar-refractivity contribution >= 4 is 35.0 Å². The minimum atomic E-state index is -1.10. The van der Waals surface area contributed by atoms with Gasteiger partial charge in [0, 0.05) is 11.1 Å². The van der Waals surface area contributed by atoms with E-state index in [1.165, 1.54) is 11.3 Å². The Morgan fingerprint density at radius 3 is 2.69 bits per heavy atom. The predicted octanol–water partition coefficient (Wildman–Crippen LogP) is 1.61. The second kappa shape index (κ2) is 5.86. The van der Waals surface area contributed by atoms with E-state index in [-0.39, 0.29) is 6.42 Å². The number of hydrogen-bond donors (Lipinski definition) is 2. The Labute approximate surface area is 101 Å². The van der Waals surface area contributed by atoms with Crippen molar-refractivity contribution in [3.05, 3.63) is 16.1 Å². The smallest absolute Gasteiger partial charge is 0.317 e. The lowest BCUT2D eigenvalue weighted by atomic mass is 10.3. The molecule has 7 heteroatoms. The number of aliphatic carboxylic acids is 2. The predicted molar refractivity (Wildman–Crippen MR) is 61.8 cm³/mol. The fourth-order valence-corrected chi connectivity index (χ4v) is 2.68. The molecule has 1 aromatic rings. The second-order valence-electron chi connectivity index (χ2n) is 3.09. The Hall–Kier alpha value is -1.08. The van der Waals surface area contributed by atoms with Crippen molar-refractivity contribution in [1.29, 1.82) is 0 Å². The van der Waals surface area contributed by atoms with Crippen LogP contribution in [0.4, 0.5) is 0 Å². The molecule has 1 atom stereocenters. The fraction of sp³-hybridized carbons (Fsp3) is 0.444. The molecule has 0 saturated heterocycles. The highest BCUT2D eigenvalue weighted by Gasteiger charge is 2.21. The molecule has 5 nitrogen and oxygen atoms in total. The maximum Gasteiger partial charge on any atom is 0.317 e. The van der Waals surface area contributed by atoms with Gasteiger partial charge < -0.3 is 10.2 Å². The highest BCUT2D eigenvalue weighted by Crippen LogP contribution is 2.21. The number of rotatable bonds is 6. The molecule has 0 spiro atoms. The van der Waals surface area contributed by atoms with Crippen LogP contribution in [0.3, 0.4) is 0 Å². The zero-order valence-corrected chi connectivity index (χ0v) is 10.2. The molecule has 0 unspecified atom stereocenters. The van der Waals surface area contributed by atoms with Crippen LogP contribution >= 0.6 is 23.1 Å². The summed E-state index contributed by atoms with van der Waals surface area (Å²) in [5.41, 5.74) is 0.795. The summed E-state index contributed by atoms with van der Waals surface area (Å²) in [7, 11) is 0. The van der Waals surface area contributed by atoms with Crippen LogP contribution in [0.1, 0.15) is 17.1 Å². The first-order chi connectivity index (χ1) is 7.49. The van der Waals surface area contributed by atoms with Crippen molar-refractivity contribution in [2.75, 3.05) is 0 Å². The second-order valence-corrected chi connectivity index (χ2v) is 5.35. The van der Waals surface area contributed by atoms with Gasteiger partial charge in [-0.25, -0.2) is 4.98 Å². The van der Waals surface area contributed by atoms with Crippen molar-refractivity contribution in [1.82, 2.24) is 4.98 Å². The third kappa shape index (κ3) is 4.19. The Balaban J connectivity index is 2.50. The van der Waals surface area contributed by atoms with Gasteiger partial charge in [0.15, 0.2) is 0 Å². The van der Waals surface area contributed by atoms with E-state index in [2.05, 4.69) is 4.98 Å². The molecule has 2 N–H and O–H groups in total. The molecular weight excluding hydrogens is 250 g/mol. The summed E-state index contributed by atoms with van der Waals surface area (Å²) in [6, 6.07) is 0. The minimum absolute atomic E-state index is 0.372. The fourth-order valence-electron chi connectivity index (χ4n) is 1.04. The summed E-state index contributed by atoms with van der Waals surface area (Å²) in [5, 5.41) is 19.2. The van der Waals surface area contributed by atoms with Gasteiger partial charge in [0.05, 0.1) is 17.1 Å². The van der Waals surface area contributed by atoms with E-state index in [9.17, 15) is 9.59 Å². The summed E-state index contributed by atoms with van der Waals surface area (Å²) in [4.78, 5) is 25.4. The molecule has 16 heavy (non-hydrogen) atoms. The van der Waals surface area contributed by atoms with Crippen LogP contribution < -0.4 is 0 Å². The molecule has 0 aromatic carbocycles. The zero-order valence-electron chi connectivity index (χ0n) is 8.54. The molecular formula is C9H11NO4S2. The van der Waals surface area contributed by atoms with Gasteiger partial charge in [-0.05, 0) is 6.92 Å². The van der Waals surface area contributed by atoms with Crippen molar-refractivity contribution in [3.63, 3.8) is 0 Å². The Bertz CT molecular complexity index is 391. The minimum Gasteiger partial charge on any atom is -0.481 e. The number of aromatic nitrogens is 1. The first-order valence-electron chi connectivity index (χ1n) is 4.46. The molecule has 0 amide bonds. The average Bonchev–Trinajstić information content (AvgIpc) is 2.58. The summed E-state index contributed by atoms with van der Waals surface area (Å²) in [5.74, 6) is -1.78. The standard InChI is InChI=1S/C9H11NO4S2/c1-5-10-6(3-15-5)4-16-7(9(13)14)2-8(11)12/h3,7H,2,4H2,1H3,(H,11,12)(H,13,14)/t7-/m1/s1. The molecule has 0 aliphatic heterocycles. The summed E-state index contributed by atoms with van der Waals surface area (Å²) in [6.07, 6.45) is -0.372. The topological polar surface area (TPSA) is 87.5 Å². The third-order valence-corrected chi connectivity index (χ3v) is 3.79. The maximum atomic E-state index is 10.8. The number of thiazole rings is 1. The van der Waals surface area contributed by atoms with Gasteiger partial charge in [0.1, 0.15) is 5.25 Å². The number of carboxylic acid groups (broad SMARTS) is 2. The molecule has 0 bridgehead atoms. The number of aryl methyl sites for hydroxylation is 1. The molecule has 0 saturated carbocycles. The Morgan fingerprint density at radius 2 is 2.25 bits per heavy atom. The third-order valence-electron chi connectivity index (χ3n) is 1.73. The normalized spacial score (nSPS) is 12.3. The first-order valence-corrected chi connectivity index (χ1v) is 6.39. The molecule has 88 valence electrons. The quantitative estimate of drug-likeness (QED) is 0.809. The van der Waals surface area contributed by atoms with Gasteiger partial charge in [-0.15, -0.1) is 23.1 Å². The van der Waals surface area contributed by atoms with Crippen molar-refractivity contribution in [2.45, 2.75) is 24.3 Å². The molecule has 1 rings (SSSR count). The van der Waals surface area contributed by atoms with E-state index in [4.69, 9.17) is 10.2 Å². The van der Waals surface area contributed by atoms with Crippen LogP contribution in [0.25, 0.3) is 0 Å². The molecule has 0 radical (unpaired) electrons. The molecule has 1 aromatic heterocycles. The number of hydrogen-bond acceptors (Lipinski definition) is 5. The largest absolute Gasteiger partial charge is 0.481 e. The zero-order chi connectivity index (χ0) is 12.1. The van der Waals surface area contributed by atoms with Gasteiger partial charge in [-0.2, -0.15) is 0 Å². The molecule has 0 fully saturated rings. The van der Waals surface area contributed by atoms with Crippen LogP contribution in [-0.2, 0) is 15.3 Å². The van der Waals surface area contributed by atoms with Crippen LogP contribution in [0.2, 0.25) is 0 Å². The highest BCUT2D eigenvalue weighted by molar-refractivity contribution is 7.99. The Kier molecular flexibility index (Phi) is 4.75. The van der Waals surface area contributed by atoms with E-state index in [0.29, 0.717) is 5.75 Å². The van der Waals surface area contributed by atoms with Crippen molar-refractivity contribution in [3.8, 4) is 0 Å². The van der Waals surface area contributed by atoms with E-state index in [1.54, 1.807) is 0 Å². The molecule has 0 aliphatic carbocycles. The van der Waals surface area contributed by atoms with E-state index in [1.807, 2.05) is 12.3 Å². The van der Waals surface area contributed by atoms with E-state index < -0.39 is 17.2 Å². The lowest BCUT2D eigenvalue weighted by molar-refractivity contribution is -0.142.